The van der Waals surface area contributed by atoms with Crippen LogP contribution < -0.4 is 10.6 Å². The summed E-state index contributed by atoms with van der Waals surface area (Å²) in [5.74, 6) is 0.755. The number of morpholine rings is 1. The maximum absolute atomic E-state index is 12.2. The smallest absolute Gasteiger partial charge is 0.250 e. The maximum Gasteiger partial charge on any atom is 0.250 e. The molecule has 2 heterocycles. The molecular formula is C19H29N3O2. The summed E-state index contributed by atoms with van der Waals surface area (Å²) in [6.07, 6.45) is 2.25. The fourth-order valence-electron chi connectivity index (χ4n) is 3.59. The minimum absolute atomic E-state index is 0.0244. The molecule has 24 heavy (non-hydrogen) atoms. The highest BCUT2D eigenvalue weighted by molar-refractivity contribution is 5.81. The first kappa shape index (κ1) is 17.4. The van der Waals surface area contributed by atoms with Crippen molar-refractivity contribution in [2.45, 2.75) is 39.0 Å². The van der Waals surface area contributed by atoms with Gasteiger partial charge in [-0.1, -0.05) is 31.2 Å². The summed E-state index contributed by atoms with van der Waals surface area (Å²) in [4.78, 5) is 14.8. The van der Waals surface area contributed by atoms with Gasteiger partial charge in [0.15, 0.2) is 0 Å². The van der Waals surface area contributed by atoms with E-state index in [1.165, 1.54) is 37.1 Å². The number of nitrogens with one attached hydrogen (secondary N) is 2. The van der Waals surface area contributed by atoms with Crippen LogP contribution in [0.25, 0.3) is 0 Å². The summed E-state index contributed by atoms with van der Waals surface area (Å²) in [6.45, 7) is 8.23. The second-order valence-electron chi connectivity index (χ2n) is 7.03. The van der Waals surface area contributed by atoms with Gasteiger partial charge >= 0.3 is 0 Å². The minimum atomic E-state index is -0.367. The normalized spacial score (nSPS) is 25.4. The first-order chi connectivity index (χ1) is 11.7. The number of hydrogen-bond donors (Lipinski definition) is 2. The Morgan fingerprint density at radius 1 is 1.38 bits per heavy atom. The molecule has 2 N–H and O–H groups in total. The third kappa shape index (κ3) is 4.79. The fourth-order valence-corrected chi connectivity index (χ4v) is 3.59. The topological polar surface area (TPSA) is 53.6 Å². The molecule has 2 fully saturated rings. The Kier molecular flexibility index (Phi) is 6.24. The molecule has 0 spiro atoms. The molecule has 0 saturated carbocycles. The number of carbonyl (C=O) groups is 1. The van der Waals surface area contributed by atoms with Crippen LogP contribution in [0.2, 0.25) is 0 Å². The van der Waals surface area contributed by atoms with Gasteiger partial charge in [-0.15, -0.1) is 0 Å². The second-order valence-corrected chi connectivity index (χ2v) is 7.03. The minimum Gasteiger partial charge on any atom is -0.366 e. The highest BCUT2D eigenvalue weighted by Crippen LogP contribution is 2.19. The van der Waals surface area contributed by atoms with Crippen LogP contribution in [-0.2, 0) is 22.6 Å². The summed E-state index contributed by atoms with van der Waals surface area (Å²) in [7, 11) is 0. The molecule has 1 aromatic rings. The van der Waals surface area contributed by atoms with E-state index in [1.807, 2.05) is 6.07 Å². The average molecular weight is 331 g/mol. The van der Waals surface area contributed by atoms with E-state index in [9.17, 15) is 4.79 Å². The quantitative estimate of drug-likeness (QED) is 0.859. The van der Waals surface area contributed by atoms with Crippen LogP contribution in [0, 0.1) is 5.92 Å². The van der Waals surface area contributed by atoms with Gasteiger partial charge in [-0.25, -0.2) is 0 Å². The lowest BCUT2D eigenvalue weighted by molar-refractivity contribution is -0.134. The van der Waals surface area contributed by atoms with Crippen molar-refractivity contribution in [2.75, 3.05) is 32.8 Å². The molecule has 5 heteroatoms. The molecule has 0 bridgehead atoms. The summed E-state index contributed by atoms with van der Waals surface area (Å²) in [5, 5.41) is 6.22. The molecule has 2 aliphatic rings. The predicted molar refractivity (Wildman–Crippen MR) is 94.6 cm³/mol. The zero-order valence-electron chi connectivity index (χ0n) is 14.6. The highest BCUT2D eigenvalue weighted by Gasteiger charge is 2.22. The van der Waals surface area contributed by atoms with Gasteiger partial charge in [-0.2, -0.15) is 0 Å². The first-order valence-electron chi connectivity index (χ1n) is 9.11. The molecule has 0 aliphatic carbocycles. The lowest BCUT2D eigenvalue weighted by Gasteiger charge is -2.31. The number of carbonyl (C=O) groups excluding carboxylic acids is 1. The Labute approximate surface area is 144 Å². The van der Waals surface area contributed by atoms with Gasteiger partial charge in [-0.05, 0) is 36.4 Å². The average Bonchev–Trinajstić information content (AvgIpc) is 2.61. The number of benzene rings is 1. The van der Waals surface area contributed by atoms with Crippen molar-refractivity contribution in [2.24, 2.45) is 5.92 Å². The van der Waals surface area contributed by atoms with Crippen LogP contribution in [0.5, 0.6) is 0 Å². The Morgan fingerprint density at radius 2 is 2.21 bits per heavy atom. The predicted octanol–water partition coefficient (Wildman–Crippen LogP) is 1.52. The zero-order chi connectivity index (χ0) is 16.8. The summed E-state index contributed by atoms with van der Waals surface area (Å²) in [6, 6.07) is 8.42. The van der Waals surface area contributed by atoms with Gasteiger partial charge in [0.1, 0.15) is 6.10 Å². The van der Waals surface area contributed by atoms with Crippen molar-refractivity contribution in [1.82, 2.24) is 15.5 Å². The van der Waals surface area contributed by atoms with E-state index in [2.05, 4.69) is 40.7 Å². The number of amides is 1. The van der Waals surface area contributed by atoms with Crippen LogP contribution >= 0.6 is 0 Å². The lowest BCUT2D eigenvalue weighted by Crippen LogP contribution is -2.47. The zero-order valence-corrected chi connectivity index (χ0v) is 14.6. The monoisotopic (exact) mass is 331 g/mol. The van der Waals surface area contributed by atoms with Crippen molar-refractivity contribution in [3.8, 4) is 0 Å². The van der Waals surface area contributed by atoms with Crippen LogP contribution in [0.4, 0.5) is 0 Å². The van der Waals surface area contributed by atoms with Crippen molar-refractivity contribution in [3.63, 3.8) is 0 Å². The fraction of sp³-hybridized carbons (Fsp3) is 0.632. The largest absolute Gasteiger partial charge is 0.366 e. The SMILES string of the molecule is C[C@H]1CCCN(Cc2ccccc2CNC(=O)[C@H]2CNCCO2)C1. The van der Waals surface area contributed by atoms with Crippen LogP contribution in [0.3, 0.4) is 0 Å². The summed E-state index contributed by atoms with van der Waals surface area (Å²) < 4.78 is 5.51. The molecule has 1 aromatic carbocycles. The van der Waals surface area contributed by atoms with Crippen LogP contribution in [0.15, 0.2) is 24.3 Å². The van der Waals surface area contributed by atoms with Gasteiger partial charge in [0, 0.05) is 32.7 Å². The molecule has 0 unspecified atom stereocenters. The van der Waals surface area contributed by atoms with Crippen LogP contribution in [0.1, 0.15) is 30.9 Å². The number of nitrogens with zero attached hydrogens (tertiary/aromatic N) is 1. The second kappa shape index (κ2) is 8.60. The van der Waals surface area contributed by atoms with Crippen LogP contribution in [-0.4, -0.2) is 49.7 Å². The van der Waals surface area contributed by atoms with Gasteiger partial charge in [0.25, 0.3) is 5.91 Å². The number of rotatable bonds is 5. The van der Waals surface area contributed by atoms with E-state index in [1.54, 1.807) is 0 Å². The highest BCUT2D eigenvalue weighted by atomic mass is 16.5. The third-order valence-electron chi connectivity index (χ3n) is 4.93. The summed E-state index contributed by atoms with van der Waals surface area (Å²) >= 11 is 0. The van der Waals surface area contributed by atoms with Crippen molar-refractivity contribution < 1.29 is 9.53 Å². The molecule has 2 saturated heterocycles. The number of hydrogen-bond acceptors (Lipinski definition) is 4. The van der Waals surface area contributed by atoms with Gasteiger partial charge < -0.3 is 15.4 Å². The molecule has 2 atom stereocenters. The Balaban J connectivity index is 1.56. The molecule has 3 rings (SSSR count). The van der Waals surface area contributed by atoms with Crippen molar-refractivity contribution in [1.29, 1.82) is 0 Å². The standard InChI is InChI=1S/C19H29N3O2/c1-15-5-4-9-22(13-15)14-17-7-3-2-6-16(17)11-21-19(23)18-12-20-8-10-24-18/h2-3,6-7,15,18,20H,4-5,8-14H2,1H3,(H,21,23)/t15-,18+/m0/s1. The van der Waals surface area contributed by atoms with E-state index in [-0.39, 0.29) is 12.0 Å². The van der Waals surface area contributed by atoms with Gasteiger partial charge in [0.2, 0.25) is 0 Å². The molecule has 132 valence electrons. The molecule has 5 nitrogen and oxygen atoms in total. The van der Waals surface area contributed by atoms with Crippen molar-refractivity contribution in [3.05, 3.63) is 35.4 Å². The molecule has 2 aliphatic heterocycles. The van der Waals surface area contributed by atoms with Gasteiger partial charge in [0.05, 0.1) is 6.61 Å². The number of ether oxygens (including phenoxy) is 1. The molecule has 0 aromatic heterocycles. The Morgan fingerprint density at radius 3 is 2.96 bits per heavy atom. The maximum atomic E-state index is 12.2. The number of piperidine rings is 1. The third-order valence-corrected chi connectivity index (χ3v) is 4.93. The molecule has 1 amide bonds. The van der Waals surface area contributed by atoms with E-state index in [4.69, 9.17) is 4.74 Å². The van der Waals surface area contributed by atoms with Gasteiger partial charge in [-0.3, -0.25) is 9.69 Å². The van der Waals surface area contributed by atoms with E-state index in [0.717, 1.165) is 19.0 Å². The Hall–Kier alpha value is -1.43. The first-order valence-corrected chi connectivity index (χ1v) is 9.11. The summed E-state index contributed by atoms with van der Waals surface area (Å²) in [5.41, 5.74) is 2.52. The lowest BCUT2D eigenvalue weighted by atomic mass is 9.99. The molecule has 0 radical (unpaired) electrons. The Bertz CT molecular complexity index is 543. The van der Waals surface area contributed by atoms with Crippen molar-refractivity contribution >= 4 is 5.91 Å². The van der Waals surface area contributed by atoms with E-state index in [0.29, 0.717) is 19.7 Å². The molecular weight excluding hydrogens is 302 g/mol. The number of likely N-dealkylation sites (tertiary alicyclic amines) is 1. The van der Waals surface area contributed by atoms with E-state index < -0.39 is 0 Å². The van der Waals surface area contributed by atoms with E-state index >= 15 is 0 Å².